The number of aliphatic hydroxyl groups excluding tert-OH is 9. The lowest BCUT2D eigenvalue weighted by Gasteiger charge is -2.46. The number of carbonyl (C=O) groups is 3. The molecule has 26 heteroatoms. The van der Waals surface area contributed by atoms with Crippen LogP contribution in [0, 0.1) is 0 Å². The van der Waals surface area contributed by atoms with Crippen LogP contribution >= 0.6 is 0 Å². The van der Waals surface area contributed by atoms with Gasteiger partial charge in [0, 0.05) is 23.8 Å². The van der Waals surface area contributed by atoms with E-state index < -0.39 is 170 Å². The highest BCUT2D eigenvalue weighted by Crippen LogP contribution is 2.47. The Bertz CT molecular complexity index is 3150. The molecule has 3 fully saturated rings. The van der Waals surface area contributed by atoms with Gasteiger partial charge in [-0.05, 0) is 59.7 Å². The van der Waals surface area contributed by atoms with Gasteiger partial charge in [-0.15, -0.1) is 0 Å². The molecule has 0 bridgehead atoms. The van der Waals surface area contributed by atoms with Crippen molar-refractivity contribution in [1.29, 1.82) is 0 Å². The van der Waals surface area contributed by atoms with Crippen LogP contribution in [0.25, 0.3) is 28.4 Å². The third-order valence-electron chi connectivity index (χ3n) is 14.1. The third-order valence-corrected chi connectivity index (χ3v) is 14.1. The number of rotatable bonds is 15. The Morgan fingerprint density at radius 2 is 1.37 bits per heavy atom. The molecule has 1 amide bonds. The minimum atomic E-state index is -2.24. The van der Waals surface area contributed by atoms with E-state index >= 15 is 0 Å². The molecule has 13 N–H and O–H groups in total. The second-order valence-electron chi connectivity index (χ2n) is 19.1. The number of carbonyl (C=O) groups excluding carboxylic acids is 3. The van der Waals surface area contributed by atoms with Gasteiger partial charge in [-0.1, -0.05) is 24.3 Å². The lowest BCUT2D eigenvalue weighted by atomic mass is 9.89. The Balaban J connectivity index is 0.972. The van der Waals surface area contributed by atoms with Gasteiger partial charge in [0.25, 0.3) is 0 Å². The molecular weight excluding hydrogens is 1050 g/mol. The van der Waals surface area contributed by atoms with Crippen LogP contribution in [0.3, 0.4) is 0 Å². The second kappa shape index (κ2) is 23.2. The Kier molecular flexibility index (Phi) is 16.6. The molecule has 5 aromatic rings. The third kappa shape index (κ3) is 11.1. The number of phenols is 4. The topological polar surface area (TPSA) is 412 Å². The number of methoxy groups -OCH3 is 1. The first-order chi connectivity index (χ1) is 37.7. The molecule has 422 valence electrons. The van der Waals surface area contributed by atoms with Crippen molar-refractivity contribution in [3.8, 4) is 40.1 Å². The van der Waals surface area contributed by atoms with E-state index in [0.717, 1.165) is 23.1 Å². The minimum Gasteiger partial charge on any atom is -0.508 e. The summed E-state index contributed by atoms with van der Waals surface area (Å²) in [5, 5.41) is 141. The number of benzene rings is 4. The van der Waals surface area contributed by atoms with Crippen molar-refractivity contribution < 1.29 is 118 Å². The number of fused-ring (bicyclic) bond motifs is 2. The van der Waals surface area contributed by atoms with Crippen LogP contribution in [0.5, 0.6) is 28.7 Å². The largest absolute Gasteiger partial charge is 0.508 e. The highest BCUT2D eigenvalue weighted by Gasteiger charge is 2.54. The van der Waals surface area contributed by atoms with Gasteiger partial charge in [0.1, 0.15) is 127 Å². The van der Waals surface area contributed by atoms with Crippen LogP contribution in [-0.4, -0.2) is 197 Å². The second-order valence-corrected chi connectivity index (χ2v) is 19.1. The van der Waals surface area contributed by atoms with Crippen molar-refractivity contribution >= 4 is 40.6 Å². The van der Waals surface area contributed by atoms with Crippen LogP contribution in [0.15, 0.2) is 94.2 Å². The van der Waals surface area contributed by atoms with E-state index in [1.54, 1.807) is 12.1 Å². The number of phenolic OH excluding ortho intramolecular Hbond substituents is 4. The maximum Gasteiger partial charge on any atom is 0.330 e. The summed E-state index contributed by atoms with van der Waals surface area (Å²) >= 11 is 0. The zero-order chi connectivity index (χ0) is 56.7. The van der Waals surface area contributed by atoms with Gasteiger partial charge < -0.3 is 104 Å². The van der Waals surface area contributed by atoms with Crippen molar-refractivity contribution in [3.63, 3.8) is 0 Å². The predicted octanol–water partition coefficient (Wildman–Crippen LogP) is -1.23. The fraction of sp³-hybridized carbons (Fsp3) is 0.396. The van der Waals surface area contributed by atoms with Gasteiger partial charge in [0.05, 0.1) is 37.3 Å². The van der Waals surface area contributed by atoms with E-state index in [0.29, 0.717) is 11.1 Å². The lowest BCUT2D eigenvalue weighted by molar-refractivity contribution is -0.342. The molecule has 4 aliphatic heterocycles. The van der Waals surface area contributed by atoms with Gasteiger partial charge in [0.2, 0.25) is 5.91 Å². The number of nitrogens with zero attached hydrogens (tertiary/aromatic N) is 1. The molecule has 0 saturated carbocycles. The molecule has 3 saturated heterocycles. The SMILES string of the molecule is COc1cc(/C=C/C(=O)OC[C@H]2O[C@@H](O[C@@H]3[C@@H](O)[C@H](O)[C@@H](COC(=O)CC4C(=O)N([C@@H]5O[C@H](CO)[C@@H](O)[C@H](O)[C@H]5O)c5ccccc54)O[C@H]3c3c(O)cc4oc(-c5ccc(O)cc5)cc(=O)c4c3O)[C@H](O)[C@@H](O)[C@@H]2O)ccc1O. The first-order valence-corrected chi connectivity index (χ1v) is 24.5. The summed E-state index contributed by atoms with van der Waals surface area (Å²) < 4.78 is 45.3. The number of esters is 2. The predicted molar refractivity (Wildman–Crippen MR) is 265 cm³/mol. The standard InChI is InChI=1S/C53H55NO25/c1-72-31-14-21(6-12-27(31)57)7-13-36(60)73-20-35-41(63)45(67)48(70)53(78-35)79-50-46(68)42(64)34(76-49(50)39-29(59)17-32-38(43(39)65)28(58)16-30(75-32)22-8-10-23(56)11-9-22)19-74-37(61)15-25-24-4-2-3-5-26(24)54(51(25)71)52-47(69)44(66)40(62)33(18-55)77-52/h2-14,16-17,25,33-35,40-42,44-50,52-53,55-57,59,62-70H,15,18-20H2,1H3/b13-7+/t25?,33-,34-,35-,40-,41-,42-,44+,45+,46+,47-,48-,49+,50-,52-,53+/m1/s1. The van der Waals surface area contributed by atoms with Gasteiger partial charge in [-0.2, -0.15) is 0 Å². The number of aromatic hydroxyl groups is 4. The summed E-state index contributed by atoms with van der Waals surface area (Å²) in [6.45, 7) is -2.50. The molecule has 1 unspecified atom stereocenters. The maximum atomic E-state index is 14.1. The van der Waals surface area contributed by atoms with Gasteiger partial charge in [0.15, 0.2) is 29.4 Å². The molecule has 0 spiro atoms. The average molecular weight is 1110 g/mol. The van der Waals surface area contributed by atoms with Crippen molar-refractivity contribution in [1.82, 2.24) is 0 Å². The molecule has 79 heavy (non-hydrogen) atoms. The summed E-state index contributed by atoms with van der Waals surface area (Å²) in [6.07, 6.45) is -27.2. The van der Waals surface area contributed by atoms with Gasteiger partial charge >= 0.3 is 11.9 Å². The van der Waals surface area contributed by atoms with Crippen molar-refractivity contribution in [2.75, 3.05) is 31.8 Å². The van der Waals surface area contributed by atoms with Crippen molar-refractivity contribution in [2.45, 2.75) is 104 Å². The van der Waals surface area contributed by atoms with Crippen LogP contribution < -0.4 is 15.1 Å². The lowest BCUT2D eigenvalue weighted by Crippen LogP contribution is -2.64. The molecular formula is C53H55NO25. The summed E-state index contributed by atoms with van der Waals surface area (Å²) in [5.41, 5.74) is -0.822. The smallest absolute Gasteiger partial charge is 0.330 e. The number of aliphatic hydroxyl groups is 9. The van der Waals surface area contributed by atoms with Gasteiger partial charge in [-0.3, -0.25) is 19.3 Å². The molecule has 0 radical (unpaired) electrons. The molecule has 16 atom stereocenters. The summed E-state index contributed by atoms with van der Waals surface area (Å²) in [5.74, 6) is -6.29. The molecule has 9 rings (SSSR count). The van der Waals surface area contributed by atoms with E-state index in [9.17, 15) is 85.6 Å². The van der Waals surface area contributed by atoms with Gasteiger partial charge in [-0.25, -0.2) is 4.79 Å². The first kappa shape index (κ1) is 56.4. The maximum absolute atomic E-state index is 14.1. The molecule has 0 aliphatic carbocycles. The van der Waals surface area contributed by atoms with E-state index in [1.165, 1.54) is 67.8 Å². The molecule has 1 aromatic heterocycles. The minimum absolute atomic E-state index is 0.0533. The Morgan fingerprint density at radius 3 is 2.09 bits per heavy atom. The normalized spacial score (nSPS) is 30.8. The molecule has 4 aliphatic rings. The number of ether oxygens (including phenoxy) is 7. The number of anilines is 1. The highest BCUT2D eigenvalue weighted by molar-refractivity contribution is 6.07. The quantitative estimate of drug-likeness (QED) is 0.0431. The van der Waals surface area contributed by atoms with E-state index in [4.69, 9.17) is 37.6 Å². The number of para-hydroxylation sites is 1. The summed E-state index contributed by atoms with van der Waals surface area (Å²) in [7, 11) is 1.32. The van der Waals surface area contributed by atoms with E-state index in [2.05, 4.69) is 0 Å². The van der Waals surface area contributed by atoms with Crippen LogP contribution in [0.2, 0.25) is 0 Å². The fourth-order valence-corrected chi connectivity index (χ4v) is 9.89. The number of amides is 1. The summed E-state index contributed by atoms with van der Waals surface area (Å²) in [4.78, 5) is 55.4. The highest BCUT2D eigenvalue weighted by atomic mass is 16.7. The monoisotopic (exact) mass is 1110 g/mol. The van der Waals surface area contributed by atoms with Crippen LogP contribution in [0.4, 0.5) is 5.69 Å². The average Bonchev–Trinajstić information content (AvgIpc) is 4.00. The molecule has 4 aromatic carbocycles. The zero-order valence-corrected chi connectivity index (χ0v) is 41.4. The van der Waals surface area contributed by atoms with E-state index in [1.807, 2.05) is 0 Å². The summed E-state index contributed by atoms with van der Waals surface area (Å²) in [6, 6.07) is 17.7. The van der Waals surface area contributed by atoms with Crippen molar-refractivity contribution in [2.24, 2.45) is 0 Å². The number of hydrogen-bond acceptors (Lipinski definition) is 25. The zero-order valence-electron chi connectivity index (χ0n) is 41.4. The Morgan fingerprint density at radius 1 is 0.696 bits per heavy atom. The Hall–Kier alpha value is -7.28. The Labute approximate surface area is 445 Å². The van der Waals surface area contributed by atoms with Crippen LogP contribution in [0.1, 0.15) is 35.1 Å². The number of hydrogen-bond donors (Lipinski definition) is 13. The molecule has 26 nitrogen and oxygen atoms in total. The first-order valence-electron chi connectivity index (χ1n) is 24.5. The van der Waals surface area contributed by atoms with E-state index in [-0.39, 0.29) is 39.8 Å². The fourth-order valence-electron chi connectivity index (χ4n) is 9.89. The van der Waals surface area contributed by atoms with Crippen molar-refractivity contribution in [3.05, 3.63) is 112 Å². The van der Waals surface area contributed by atoms with Crippen LogP contribution in [-0.2, 0) is 42.8 Å². The molecule has 5 heterocycles.